The van der Waals surface area contributed by atoms with E-state index in [0.29, 0.717) is 16.3 Å². The lowest BCUT2D eigenvalue weighted by Crippen LogP contribution is -2.44. The molecule has 1 aromatic carbocycles. The van der Waals surface area contributed by atoms with Crippen LogP contribution in [-0.2, 0) is 4.79 Å². The predicted molar refractivity (Wildman–Crippen MR) is 79.7 cm³/mol. The first-order valence-corrected chi connectivity index (χ1v) is 7.24. The average Bonchev–Trinajstić information content (AvgIpc) is 2.49. The lowest BCUT2D eigenvalue weighted by molar-refractivity contribution is -0.132. The van der Waals surface area contributed by atoms with Crippen molar-refractivity contribution in [2.75, 3.05) is 18.4 Å². The fourth-order valence-electron chi connectivity index (χ4n) is 2.42. The van der Waals surface area contributed by atoms with Gasteiger partial charge in [-0.15, -0.1) is 0 Å². The number of rotatable bonds is 3. The number of anilines is 1. The molecule has 0 spiro atoms. The molecule has 0 aromatic heterocycles. The first kappa shape index (κ1) is 14.7. The van der Waals surface area contributed by atoms with E-state index >= 15 is 0 Å². The molecule has 1 aliphatic heterocycles. The number of halogens is 1. The van der Waals surface area contributed by atoms with Gasteiger partial charge in [0.15, 0.2) is 0 Å². The van der Waals surface area contributed by atoms with Crippen molar-refractivity contribution >= 4 is 23.2 Å². The number of carbonyl (C=O) groups is 1. The summed E-state index contributed by atoms with van der Waals surface area (Å²) in [5, 5.41) is 12.7. The van der Waals surface area contributed by atoms with Crippen LogP contribution in [-0.4, -0.2) is 29.9 Å². The number of nitriles is 1. The van der Waals surface area contributed by atoms with E-state index in [1.807, 2.05) is 11.8 Å². The Hall–Kier alpha value is -1.73. The van der Waals surface area contributed by atoms with Gasteiger partial charge in [0.1, 0.15) is 12.1 Å². The molecule has 5 heteroatoms. The molecule has 4 nitrogen and oxygen atoms in total. The predicted octanol–water partition coefficient (Wildman–Crippen LogP) is 3.02. The van der Waals surface area contributed by atoms with Crippen LogP contribution in [0.4, 0.5) is 5.69 Å². The monoisotopic (exact) mass is 291 g/mol. The molecular weight excluding hydrogens is 274 g/mol. The maximum atomic E-state index is 12.3. The Kier molecular flexibility index (Phi) is 4.86. The Balaban J connectivity index is 2.05. The van der Waals surface area contributed by atoms with E-state index in [-0.39, 0.29) is 11.9 Å². The molecule has 0 saturated carbocycles. The zero-order valence-corrected chi connectivity index (χ0v) is 12.3. The molecule has 1 aliphatic rings. The van der Waals surface area contributed by atoms with Crippen LogP contribution in [0.3, 0.4) is 0 Å². The molecule has 1 atom stereocenters. The van der Waals surface area contributed by atoms with Crippen molar-refractivity contribution < 1.29 is 4.79 Å². The molecular formula is C15H18ClN3O. The standard InChI is InChI=1S/C15H18ClN3O/c1-11(15(20)19-7-3-2-4-8-19)18-14-6-5-13(16)9-12(14)10-17/h5-6,9,11,18H,2-4,7-8H2,1H3. The smallest absolute Gasteiger partial charge is 0.244 e. The fourth-order valence-corrected chi connectivity index (χ4v) is 2.59. The molecule has 20 heavy (non-hydrogen) atoms. The Morgan fingerprint density at radius 1 is 1.40 bits per heavy atom. The zero-order chi connectivity index (χ0) is 14.5. The molecule has 0 aliphatic carbocycles. The van der Waals surface area contributed by atoms with Crippen molar-refractivity contribution in [1.29, 1.82) is 5.26 Å². The largest absolute Gasteiger partial charge is 0.373 e. The van der Waals surface area contributed by atoms with Crippen LogP contribution in [0, 0.1) is 11.3 Å². The molecule has 0 bridgehead atoms. The highest BCUT2D eigenvalue weighted by atomic mass is 35.5. The molecule has 1 saturated heterocycles. The van der Waals surface area contributed by atoms with Crippen LogP contribution >= 0.6 is 11.6 Å². The molecule has 1 heterocycles. The number of benzene rings is 1. The van der Waals surface area contributed by atoms with E-state index in [9.17, 15) is 4.79 Å². The number of piperidine rings is 1. The minimum Gasteiger partial charge on any atom is -0.373 e. The van der Waals surface area contributed by atoms with Gasteiger partial charge in [-0.1, -0.05) is 11.6 Å². The number of hydrogen-bond donors (Lipinski definition) is 1. The molecule has 1 N–H and O–H groups in total. The first-order valence-electron chi connectivity index (χ1n) is 6.87. The lowest BCUT2D eigenvalue weighted by Gasteiger charge is -2.29. The number of nitrogens with zero attached hydrogens (tertiary/aromatic N) is 2. The van der Waals surface area contributed by atoms with Gasteiger partial charge in [-0.05, 0) is 44.4 Å². The second-order valence-corrected chi connectivity index (χ2v) is 5.49. The Labute approximate surface area is 124 Å². The van der Waals surface area contributed by atoms with Crippen LogP contribution in [0.1, 0.15) is 31.7 Å². The van der Waals surface area contributed by atoms with Gasteiger partial charge in [0.2, 0.25) is 5.91 Å². The minimum absolute atomic E-state index is 0.0866. The van der Waals surface area contributed by atoms with E-state index < -0.39 is 0 Å². The SMILES string of the molecule is CC(Nc1ccc(Cl)cc1C#N)C(=O)N1CCCCC1. The van der Waals surface area contributed by atoms with Crippen molar-refractivity contribution in [3.05, 3.63) is 28.8 Å². The Morgan fingerprint density at radius 2 is 2.10 bits per heavy atom. The minimum atomic E-state index is -0.346. The van der Waals surface area contributed by atoms with Gasteiger partial charge < -0.3 is 10.2 Å². The van der Waals surface area contributed by atoms with Crippen LogP contribution < -0.4 is 5.32 Å². The Bertz CT molecular complexity index is 532. The van der Waals surface area contributed by atoms with Gasteiger partial charge in [-0.25, -0.2) is 0 Å². The zero-order valence-electron chi connectivity index (χ0n) is 11.5. The van der Waals surface area contributed by atoms with Gasteiger partial charge in [0.05, 0.1) is 11.3 Å². The van der Waals surface area contributed by atoms with E-state index in [1.54, 1.807) is 18.2 Å². The summed E-state index contributed by atoms with van der Waals surface area (Å²) in [6, 6.07) is 6.79. The van der Waals surface area contributed by atoms with Gasteiger partial charge in [-0.2, -0.15) is 5.26 Å². The summed E-state index contributed by atoms with van der Waals surface area (Å²) in [7, 11) is 0. The van der Waals surface area contributed by atoms with E-state index in [4.69, 9.17) is 16.9 Å². The van der Waals surface area contributed by atoms with Crippen molar-refractivity contribution in [2.24, 2.45) is 0 Å². The van der Waals surface area contributed by atoms with Crippen molar-refractivity contribution in [1.82, 2.24) is 4.90 Å². The summed E-state index contributed by atoms with van der Waals surface area (Å²) in [5.41, 5.74) is 1.10. The molecule has 106 valence electrons. The Morgan fingerprint density at radius 3 is 2.75 bits per heavy atom. The van der Waals surface area contributed by atoms with E-state index in [1.165, 1.54) is 6.42 Å². The summed E-state index contributed by atoms with van der Waals surface area (Å²) in [6.45, 7) is 3.49. The summed E-state index contributed by atoms with van der Waals surface area (Å²) in [5.74, 6) is 0.0866. The molecule has 1 aromatic rings. The number of carbonyl (C=O) groups excluding carboxylic acids is 1. The summed E-state index contributed by atoms with van der Waals surface area (Å²) < 4.78 is 0. The molecule has 1 amide bonds. The van der Waals surface area contributed by atoms with Crippen molar-refractivity contribution in [2.45, 2.75) is 32.2 Å². The third-order valence-electron chi connectivity index (χ3n) is 3.51. The second-order valence-electron chi connectivity index (χ2n) is 5.05. The van der Waals surface area contributed by atoms with Gasteiger partial charge in [-0.3, -0.25) is 4.79 Å². The fraction of sp³-hybridized carbons (Fsp3) is 0.467. The summed E-state index contributed by atoms with van der Waals surface area (Å²) >= 11 is 5.86. The molecule has 1 unspecified atom stereocenters. The van der Waals surface area contributed by atoms with Crippen molar-refractivity contribution in [3.63, 3.8) is 0 Å². The normalized spacial score (nSPS) is 16.4. The second kappa shape index (κ2) is 6.62. The summed E-state index contributed by atoms with van der Waals surface area (Å²) in [4.78, 5) is 14.2. The third kappa shape index (κ3) is 3.43. The number of hydrogen-bond acceptors (Lipinski definition) is 3. The van der Waals surface area contributed by atoms with Gasteiger partial charge >= 0.3 is 0 Å². The van der Waals surface area contributed by atoms with Crippen LogP contribution in [0.25, 0.3) is 0 Å². The third-order valence-corrected chi connectivity index (χ3v) is 3.75. The maximum absolute atomic E-state index is 12.3. The highest BCUT2D eigenvalue weighted by Crippen LogP contribution is 2.21. The highest BCUT2D eigenvalue weighted by Gasteiger charge is 2.22. The van der Waals surface area contributed by atoms with Crippen LogP contribution in [0.2, 0.25) is 5.02 Å². The van der Waals surface area contributed by atoms with E-state index in [2.05, 4.69) is 11.4 Å². The number of nitrogens with one attached hydrogen (secondary N) is 1. The average molecular weight is 292 g/mol. The van der Waals surface area contributed by atoms with Crippen molar-refractivity contribution in [3.8, 4) is 6.07 Å². The van der Waals surface area contributed by atoms with Crippen LogP contribution in [0.15, 0.2) is 18.2 Å². The number of amides is 1. The van der Waals surface area contributed by atoms with E-state index in [0.717, 1.165) is 25.9 Å². The quantitative estimate of drug-likeness (QED) is 0.931. The highest BCUT2D eigenvalue weighted by molar-refractivity contribution is 6.30. The topological polar surface area (TPSA) is 56.1 Å². The van der Waals surface area contributed by atoms with Crippen LogP contribution in [0.5, 0.6) is 0 Å². The molecule has 2 rings (SSSR count). The van der Waals surface area contributed by atoms with Gasteiger partial charge in [0, 0.05) is 18.1 Å². The molecule has 1 fully saturated rings. The lowest BCUT2D eigenvalue weighted by atomic mass is 10.1. The molecule has 0 radical (unpaired) electrons. The summed E-state index contributed by atoms with van der Waals surface area (Å²) in [6.07, 6.45) is 3.34. The first-order chi connectivity index (χ1) is 9.61. The van der Waals surface area contributed by atoms with Gasteiger partial charge in [0.25, 0.3) is 0 Å². The number of likely N-dealkylation sites (tertiary alicyclic amines) is 1. The maximum Gasteiger partial charge on any atom is 0.244 e.